The van der Waals surface area contributed by atoms with Crippen LogP contribution >= 0.6 is 11.6 Å². The maximum absolute atomic E-state index is 13.4. The summed E-state index contributed by atoms with van der Waals surface area (Å²) in [6.07, 6.45) is 0.516. The molecule has 2 aliphatic heterocycles. The van der Waals surface area contributed by atoms with Crippen molar-refractivity contribution in [1.29, 1.82) is 0 Å². The van der Waals surface area contributed by atoms with Crippen LogP contribution < -0.4 is 5.32 Å². The Kier molecular flexibility index (Phi) is 5.76. The molecule has 0 radical (unpaired) electrons. The molecule has 6 nitrogen and oxygen atoms in total. The third-order valence-electron chi connectivity index (χ3n) is 6.00. The maximum atomic E-state index is 13.4. The number of para-hydroxylation sites is 2. The van der Waals surface area contributed by atoms with Crippen molar-refractivity contribution in [3.8, 4) is 0 Å². The first-order chi connectivity index (χ1) is 15.2. The number of hydrogen-bond acceptors (Lipinski definition) is 5. The summed E-state index contributed by atoms with van der Waals surface area (Å²) in [5.41, 5.74) is 3.17. The molecule has 0 saturated carbocycles. The monoisotopic (exact) mass is 436 g/mol. The number of fused-ring (bicyclic) bond motifs is 2. The second-order valence-corrected chi connectivity index (χ2v) is 8.32. The molecule has 31 heavy (non-hydrogen) atoms. The van der Waals surface area contributed by atoms with Crippen molar-refractivity contribution in [3.63, 3.8) is 0 Å². The van der Waals surface area contributed by atoms with Gasteiger partial charge in [0.05, 0.1) is 24.3 Å². The van der Waals surface area contributed by atoms with Gasteiger partial charge >= 0.3 is 0 Å². The first-order valence-electron chi connectivity index (χ1n) is 10.7. The van der Waals surface area contributed by atoms with Gasteiger partial charge < -0.3 is 15.0 Å². The van der Waals surface area contributed by atoms with E-state index < -0.39 is 0 Å². The second kappa shape index (κ2) is 8.83. The number of hydrogen-bond donors (Lipinski definition) is 1. The molecule has 1 aromatic heterocycles. The minimum atomic E-state index is -0.364. The summed E-state index contributed by atoms with van der Waals surface area (Å²) >= 11 is 6.62. The third-order valence-corrected chi connectivity index (χ3v) is 6.30. The summed E-state index contributed by atoms with van der Waals surface area (Å²) in [7, 11) is 0. The quantitative estimate of drug-likeness (QED) is 0.608. The van der Waals surface area contributed by atoms with Crippen LogP contribution in [0, 0.1) is 0 Å². The van der Waals surface area contributed by atoms with Gasteiger partial charge in [-0.1, -0.05) is 41.9 Å². The second-order valence-electron chi connectivity index (χ2n) is 7.96. The number of ether oxygens (including phenoxy) is 1. The molecule has 3 aromatic rings. The zero-order valence-electron chi connectivity index (χ0n) is 17.3. The summed E-state index contributed by atoms with van der Waals surface area (Å²) in [6.45, 7) is 5.01. The van der Waals surface area contributed by atoms with Crippen LogP contribution in [0.4, 0.5) is 5.69 Å². The molecule has 5 rings (SSSR count). The summed E-state index contributed by atoms with van der Waals surface area (Å²) < 4.78 is 5.44. The molecule has 1 amide bonds. The standard InChI is InChI=1S/C24H25ClN4O2/c25-22-19(16-17-6-1-3-8-20(17)26-22)23-27-21-9-4-2-7-18(21)24(30)29(23)11-5-10-28-12-14-31-15-13-28/h1-4,6-9,16,23,27H,5,10-15H2. The number of aromatic nitrogens is 1. The Morgan fingerprint density at radius 3 is 2.71 bits per heavy atom. The Hall–Kier alpha value is -2.67. The molecule has 3 heterocycles. The van der Waals surface area contributed by atoms with E-state index in [-0.39, 0.29) is 12.1 Å². The van der Waals surface area contributed by atoms with Gasteiger partial charge in [-0.15, -0.1) is 0 Å². The van der Waals surface area contributed by atoms with Gasteiger partial charge in [0.25, 0.3) is 5.91 Å². The smallest absolute Gasteiger partial charge is 0.257 e. The zero-order valence-corrected chi connectivity index (χ0v) is 18.0. The fraction of sp³-hybridized carbons (Fsp3) is 0.333. The van der Waals surface area contributed by atoms with Crippen LogP contribution in [0.2, 0.25) is 5.15 Å². The number of amides is 1. The van der Waals surface area contributed by atoms with Crippen molar-refractivity contribution in [1.82, 2.24) is 14.8 Å². The van der Waals surface area contributed by atoms with Crippen LogP contribution in [0.1, 0.15) is 28.5 Å². The number of halogens is 1. The van der Waals surface area contributed by atoms with E-state index in [1.807, 2.05) is 59.5 Å². The highest BCUT2D eigenvalue weighted by Gasteiger charge is 2.34. The molecule has 1 N–H and O–H groups in total. The fourth-order valence-electron chi connectivity index (χ4n) is 4.36. The number of carbonyl (C=O) groups excluding carboxylic acids is 1. The van der Waals surface area contributed by atoms with Crippen LogP contribution in [0.5, 0.6) is 0 Å². The number of carbonyl (C=O) groups is 1. The largest absolute Gasteiger partial charge is 0.379 e. The van der Waals surface area contributed by atoms with Crippen molar-refractivity contribution in [3.05, 3.63) is 70.9 Å². The molecule has 0 bridgehead atoms. The van der Waals surface area contributed by atoms with Crippen LogP contribution in [0.3, 0.4) is 0 Å². The van der Waals surface area contributed by atoms with E-state index in [0.29, 0.717) is 17.3 Å². The Balaban J connectivity index is 1.45. The third kappa shape index (κ3) is 4.11. The van der Waals surface area contributed by atoms with Crippen molar-refractivity contribution < 1.29 is 9.53 Å². The highest BCUT2D eigenvalue weighted by Crippen LogP contribution is 2.36. The van der Waals surface area contributed by atoms with E-state index in [1.165, 1.54) is 0 Å². The Labute approximate surface area is 186 Å². The molecule has 0 spiro atoms. The van der Waals surface area contributed by atoms with Gasteiger partial charge in [0, 0.05) is 42.8 Å². The Bertz CT molecular complexity index is 1100. The minimum absolute atomic E-state index is 0.0190. The molecule has 2 aromatic carbocycles. The lowest BCUT2D eigenvalue weighted by molar-refractivity contribution is 0.0348. The lowest BCUT2D eigenvalue weighted by atomic mass is 10.0. The number of pyridine rings is 1. The molecular formula is C24H25ClN4O2. The van der Waals surface area contributed by atoms with Gasteiger partial charge in [0.2, 0.25) is 0 Å². The van der Waals surface area contributed by atoms with Gasteiger partial charge in [0.15, 0.2) is 0 Å². The molecule has 160 valence electrons. The van der Waals surface area contributed by atoms with E-state index in [0.717, 1.165) is 61.4 Å². The molecule has 1 saturated heterocycles. The number of morpholine rings is 1. The zero-order chi connectivity index (χ0) is 21.2. The predicted octanol–water partition coefficient (Wildman–Crippen LogP) is 4.18. The topological polar surface area (TPSA) is 57.7 Å². The Morgan fingerprint density at radius 1 is 1.06 bits per heavy atom. The Morgan fingerprint density at radius 2 is 1.84 bits per heavy atom. The first-order valence-corrected chi connectivity index (χ1v) is 11.1. The molecule has 2 aliphatic rings. The first kappa shape index (κ1) is 20.2. The number of nitrogens with zero attached hydrogens (tertiary/aromatic N) is 3. The van der Waals surface area contributed by atoms with Gasteiger partial charge in [-0.25, -0.2) is 4.98 Å². The maximum Gasteiger partial charge on any atom is 0.257 e. The van der Waals surface area contributed by atoms with Crippen LogP contribution in [-0.2, 0) is 4.74 Å². The average molecular weight is 437 g/mol. The lowest BCUT2D eigenvalue weighted by Crippen LogP contribution is -2.45. The van der Waals surface area contributed by atoms with E-state index in [1.54, 1.807) is 0 Å². The summed E-state index contributed by atoms with van der Waals surface area (Å²) in [6, 6.07) is 17.6. The van der Waals surface area contributed by atoms with Crippen LogP contribution in [-0.4, -0.2) is 60.1 Å². The molecule has 0 aliphatic carbocycles. The van der Waals surface area contributed by atoms with E-state index in [2.05, 4.69) is 15.2 Å². The molecular weight excluding hydrogens is 412 g/mol. The van der Waals surface area contributed by atoms with Gasteiger partial charge in [-0.2, -0.15) is 0 Å². The predicted molar refractivity (Wildman–Crippen MR) is 122 cm³/mol. The molecule has 1 fully saturated rings. The highest BCUT2D eigenvalue weighted by molar-refractivity contribution is 6.30. The van der Waals surface area contributed by atoms with Crippen molar-refractivity contribution in [2.24, 2.45) is 0 Å². The molecule has 1 unspecified atom stereocenters. The van der Waals surface area contributed by atoms with Crippen molar-refractivity contribution in [2.45, 2.75) is 12.6 Å². The number of anilines is 1. The molecule has 7 heteroatoms. The summed E-state index contributed by atoms with van der Waals surface area (Å²) in [4.78, 5) is 22.3. The van der Waals surface area contributed by atoms with E-state index in [4.69, 9.17) is 16.3 Å². The van der Waals surface area contributed by atoms with Crippen LogP contribution in [0.15, 0.2) is 54.6 Å². The number of benzene rings is 2. The fourth-order valence-corrected chi connectivity index (χ4v) is 4.61. The number of nitrogens with one attached hydrogen (secondary N) is 1. The van der Waals surface area contributed by atoms with Crippen molar-refractivity contribution >= 4 is 34.1 Å². The number of rotatable bonds is 5. The van der Waals surface area contributed by atoms with Crippen molar-refractivity contribution in [2.75, 3.05) is 44.7 Å². The van der Waals surface area contributed by atoms with Crippen LogP contribution in [0.25, 0.3) is 10.9 Å². The van der Waals surface area contributed by atoms with Gasteiger partial charge in [-0.05, 0) is 30.7 Å². The summed E-state index contributed by atoms with van der Waals surface area (Å²) in [5, 5.41) is 4.96. The van der Waals surface area contributed by atoms with Gasteiger partial charge in [0.1, 0.15) is 11.3 Å². The average Bonchev–Trinajstić information content (AvgIpc) is 2.81. The SMILES string of the molecule is O=C1c2ccccc2NC(c2cc3ccccc3nc2Cl)N1CCCN1CCOCC1. The van der Waals surface area contributed by atoms with E-state index >= 15 is 0 Å². The summed E-state index contributed by atoms with van der Waals surface area (Å²) in [5.74, 6) is 0.0190. The lowest BCUT2D eigenvalue weighted by Gasteiger charge is -2.39. The minimum Gasteiger partial charge on any atom is -0.379 e. The van der Waals surface area contributed by atoms with E-state index in [9.17, 15) is 4.79 Å². The van der Waals surface area contributed by atoms with Gasteiger partial charge in [-0.3, -0.25) is 9.69 Å². The molecule has 1 atom stereocenters. The normalized spacial score (nSPS) is 19.3. The highest BCUT2D eigenvalue weighted by atomic mass is 35.5.